The maximum atomic E-state index is 11.9. The lowest BCUT2D eigenvalue weighted by molar-refractivity contribution is -0.137. The topological polar surface area (TPSA) is 69.6 Å². The monoisotopic (exact) mass is 240 g/mol. The highest BCUT2D eigenvalue weighted by Crippen LogP contribution is 2.06. The Morgan fingerprint density at radius 3 is 2.76 bits per heavy atom. The number of nitrogens with one attached hydrogen (secondary N) is 1. The number of hydrogen-bond donors (Lipinski definition) is 2. The van der Waals surface area contributed by atoms with Gasteiger partial charge in [0.1, 0.15) is 0 Å². The molecule has 0 fully saturated rings. The van der Waals surface area contributed by atoms with Crippen LogP contribution < -0.4 is 5.32 Å². The number of carbonyl (C=O) groups is 2. The van der Waals surface area contributed by atoms with E-state index in [1.54, 1.807) is 4.90 Å². The summed E-state index contributed by atoms with van der Waals surface area (Å²) in [5.74, 6) is -0.873. The molecule has 0 aromatic heterocycles. The van der Waals surface area contributed by atoms with E-state index >= 15 is 0 Å². The van der Waals surface area contributed by atoms with Crippen molar-refractivity contribution in [3.05, 3.63) is 12.2 Å². The van der Waals surface area contributed by atoms with Crippen molar-refractivity contribution in [1.82, 2.24) is 10.2 Å². The van der Waals surface area contributed by atoms with Crippen molar-refractivity contribution in [3.8, 4) is 0 Å². The van der Waals surface area contributed by atoms with E-state index in [1.165, 1.54) is 0 Å². The molecule has 0 aromatic carbocycles. The van der Waals surface area contributed by atoms with Crippen LogP contribution in [0.25, 0.3) is 0 Å². The maximum absolute atomic E-state index is 11.9. The molecule has 5 heteroatoms. The highest BCUT2D eigenvalue weighted by Gasteiger charge is 2.19. The van der Waals surface area contributed by atoms with Gasteiger partial charge in [-0.25, -0.2) is 4.79 Å². The average Bonchev–Trinajstić information content (AvgIpc) is 2.29. The zero-order chi connectivity index (χ0) is 12.7. The largest absolute Gasteiger partial charge is 0.481 e. The van der Waals surface area contributed by atoms with Gasteiger partial charge in [-0.15, -0.1) is 0 Å². The van der Waals surface area contributed by atoms with E-state index in [9.17, 15) is 9.59 Å². The molecule has 0 spiro atoms. The Morgan fingerprint density at radius 1 is 1.47 bits per heavy atom. The predicted molar refractivity (Wildman–Crippen MR) is 64.8 cm³/mol. The summed E-state index contributed by atoms with van der Waals surface area (Å²) in [6.07, 6.45) is 6.41. The molecule has 2 N–H and O–H groups in total. The van der Waals surface area contributed by atoms with Crippen LogP contribution in [0, 0.1) is 0 Å². The molecule has 1 atom stereocenters. The number of urea groups is 1. The summed E-state index contributed by atoms with van der Waals surface area (Å²) in [5.41, 5.74) is 0. The first kappa shape index (κ1) is 13.5. The van der Waals surface area contributed by atoms with Gasteiger partial charge in [-0.05, 0) is 12.8 Å². The Balaban J connectivity index is 2.44. The number of hydrogen-bond acceptors (Lipinski definition) is 2. The number of rotatable bonds is 5. The van der Waals surface area contributed by atoms with Crippen molar-refractivity contribution in [2.75, 3.05) is 13.1 Å². The molecule has 17 heavy (non-hydrogen) atoms. The summed E-state index contributed by atoms with van der Waals surface area (Å²) in [5, 5.41) is 11.5. The molecule has 0 radical (unpaired) electrons. The standard InChI is InChI=1S/C12H20N2O3/c1-2-6-10(9-11(15)16)13-12(17)14-7-4-3-5-8-14/h3-4,10H,2,5-9H2,1H3,(H,13,17)(H,15,16). The normalized spacial score (nSPS) is 16.6. The smallest absolute Gasteiger partial charge is 0.317 e. The molecular weight excluding hydrogens is 220 g/mol. The highest BCUT2D eigenvalue weighted by atomic mass is 16.4. The van der Waals surface area contributed by atoms with E-state index in [0.717, 1.165) is 12.8 Å². The van der Waals surface area contributed by atoms with Crippen molar-refractivity contribution in [1.29, 1.82) is 0 Å². The van der Waals surface area contributed by atoms with Crippen LogP contribution in [-0.2, 0) is 4.79 Å². The summed E-state index contributed by atoms with van der Waals surface area (Å²) in [6, 6.07) is -0.426. The van der Waals surface area contributed by atoms with Gasteiger partial charge in [0.05, 0.1) is 6.42 Å². The van der Waals surface area contributed by atoms with Gasteiger partial charge in [0, 0.05) is 19.1 Å². The zero-order valence-corrected chi connectivity index (χ0v) is 10.2. The number of carbonyl (C=O) groups excluding carboxylic acids is 1. The van der Waals surface area contributed by atoms with Gasteiger partial charge in [0.15, 0.2) is 0 Å². The fourth-order valence-electron chi connectivity index (χ4n) is 1.88. The van der Waals surface area contributed by atoms with E-state index in [1.807, 2.05) is 19.1 Å². The lowest BCUT2D eigenvalue weighted by Gasteiger charge is -2.26. The maximum Gasteiger partial charge on any atom is 0.317 e. The number of amides is 2. The van der Waals surface area contributed by atoms with Gasteiger partial charge in [-0.2, -0.15) is 0 Å². The third-order valence-corrected chi connectivity index (χ3v) is 2.73. The van der Waals surface area contributed by atoms with Crippen molar-refractivity contribution in [2.24, 2.45) is 0 Å². The Hall–Kier alpha value is -1.52. The van der Waals surface area contributed by atoms with Gasteiger partial charge >= 0.3 is 12.0 Å². The summed E-state index contributed by atoms with van der Waals surface area (Å²) in [7, 11) is 0. The van der Waals surface area contributed by atoms with Crippen LogP contribution in [0.5, 0.6) is 0 Å². The molecule has 0 aromatic rings. The van der Waals surface area contributed by atoms with Crippen molar-refractivity contribution < 1.29 is 14.7 Å². The molecule has 1 unspecified atom stereocenters. The van der Waals surface area contributed by atoms with E-state index in [-0.39, 0.29) is 18.5 Å². The summed E-state index contributed by atoms with van der Waals surface area (Å²) in [6.45, 7) is 3.29. The van der Waals surface area contributed by atoms with Crippen LogP contribution in [0.15, 0.2) is 12.2 Å². The average molecular weight is 240 g/mol. The fraction of sp³-hybridized carbons (Fsp3) is 0.667. The minimum absolute atomic E-state index is 0.0107. The summed E-state index contributed by atoms with van der Waals surface area (Å²) >= 11 is 0. The molecule has 1 aliphatic heterocycles. The van der Waals surface area contributed by atoms with Crippen LogP contribution in [0.3, 0.4) is 0 Å². The minimum Gasteiger partial charge on any atom is -0.481 e. The molecule has 1 rings (SSSR count). The molecule has 1 aliphatic rings. The Kier molecular flexibility index (Phi) is 5.52. The minimum atomic E-state index is -0.873. The van der Waals surface area contributed by atoms with Crippen LogP contribution in [0.1, 0.15) is 32.6 Å². The number of nitrogens with zero attached hydrogens (tertiary/aromatic N) is 1. The van der Waals surface area contributed by atoms with Crippen molar-refractivity contribution >= 4 is 12.0 Å². The molecule has 1 heterocycles. The third-order valence-electron chi connectivity index (χ3n) is 2.73. The third kappa shape index (κ3) is 4.89. The molecule has 0 aliphatic carbocycles. The molecule has 0 saturated heterocycles. The molecular formula is C12H20N2O3. The zero-order valence-electron chi connectivity index (χ0n) is 10.2. The van der Waals surface area contributed by atoms with E-state index in [2.05, 4.69) is 5.32 Å². The van der Waals surface area contributed by atoms with E-state index in [0.29, 0.717) is 19.5 Å². The molecule has 0 bridgehead atoms. The lowest BCUT2D eigenvalue weighted by atomic mass is 10.1. The Morgan fingerprint density at radius 2 is 2.24 bits per heavy atom. The van der Waals surface area contributed by atoms with Crippen LogP contribution in [-0.4, -0.2) is 41.1 Å². The SMILES string of the molecule is CCCC(CC(=O)O)NC(=O)N1CC=CCC1. The summed E-state index contributed by atoms with van der Waals surface area (Å²) < 4.78 is 0. The van der Waals surface area contributed by atoms with Gasteiger partial charge < -0.3 is 15.3 Å². The second-order valence-electron chi connectivity index (χ2n) is 4.24. The van der Waals surface area contributed by atoms with Crippen molar-refractivity contribution in [2.45, 2.75) is 38.6 Å². The number of carboxylic acid groups (broad SMARTS) is 1. The second kappa shape index (κ2) is 6.93. The van der Waals surface area contributed by atoms with Gasteiger partial charge in [-0.3, -0.25) is 4.79 Å². The van der Waals surface area contributed by atoms with Crippen LogP contribution in [0.2, 0.25) is 0 Å². The lowest BCUT2D eigenvalue weighted by Crippen LogP contribution is -2.46. The second-order valence-corrected chi connectivity index (χ2v) is 4.24. The fourth-order valence-corrected chi connectivity index (χ4v) is 1.88. The molecule has 5 nitrogen and oxygen atoms in total. The van der Waals surface area contributed by atoms with E-state index < -0.39 is 5.97 Å². The number of aliphatic carboxylic acids is 1. The molecule has 0 saturated carbocycles. The first-order chi connectivity index (χ1) is 8.13. The van der Waals surface area contributed by atoms with Gasteiger partial charge in [0.25, 0.3) is 0 Å². The summed E-state index contributed by atoms with van der Waals surface area (Å²) in [4.78, 5) is 24.2. The van der Waals surface area contributed by atoms with E-state index in [4.69, 9.17) is 5.11 Å². The van der Waals surface area contributed by atoms with Crippen LogP contribution in [0.4, 0.5) is 4.79 Å². The first-order valence-electron chi connectivity index (χ1n) is 6.05. The van der Waals surface area contributed by atoms with Gasteiger partial charge in [0.2, 0.25) is 0 Å². The van der Waals surface area contributed by atoms with Gasteiger partial charge in [-0.1, -0.05) is 25.5 Å². The quantitative estimate of drug-likeness (QED) is 0.717. The first-order valence-corrected chi connectivity index (χ1v) is 6.05. The van der Waals surface area contributed by atoms with Crippen molar-refractivity contribution in [3.63, 3.8) is 0 Å². The molecule has 2 amide bonds. The molecule has 96 valence electrons. The Labute approximate surface area is 101 Å². The van der Waals surface area contributed by atoms with Crippen LogP contribution >= 0.6 is 0 Å². The highest BCUT2D eigenvalue weighted by molar-refractivity contribution is 5.76. The Bertz CT molecular complexity index is 302. The number of carboxylic acids is 1. The predicted octanol–water partition coefficient (Wildman–Crippen LogP) is 1.60.